The fraction of sp³-hybridized carbons (Fsp3) is 0.357. The van der Waals surface area contributed by atoms with Crippen LogP contribution >= 0.6 is 0 Å². The van der Waals surface area contributed by atoms with Crippen LogP contribution in [0.25, 0.3) is 22.4 Å². The third-order valence-corrected chi connectivity index (χ3v) is 7.54. The Bertz CT molecular complexity index is 1500. The molecule has 2 aliphatic rings. The Morgan fingerprint density at radius 1 is 1.23 bits per heavy atom. The molecule has 2 amide bonds. The zero-order valence-corrected chi connectivity index (χ0v) is 22.1. The van der Waals surface area contributed by atoms with E-state index < -0.39 is 30.0 Å². The lowest BCUT2D eigenvalue weighted by Gasteiger charge is -2.29. The van der Waals surface area contributed by atoms with Crippen molar-refractivity contribution in [2.24, 2.45) is 11.8 Å². The molecule has 39 heavy (non-hydrogen) atoms. The van der Waals surface area contributed by atoms with Gasteiger partial charge in [0.05, 0.1) is 37.0 Å². The van der Waals surface area contributed by atoms with Crippen molar-refractivity contribution in [3.05, 3.63) is 59.5 Å². The van der Waals surface area contributed by atoms with Crippen molar-refractivity contribution in [1.82, 2.24) is 20.2 Å². The van der Waals surface area contributed by atoms with E-state index in [1.165, 1.54) is 19.2 Å². The highest BCUT2D eigenvalue weighted by Crippen LogP contribution is 2.51. The van der Waals surface area contributed by atoms with Crippen molar-refractivity contribution < 1.29 is 23.1 Å². The summed E-state index contributed by atoms with van der Waals surface area (Å²) in [4.78, 5) is 34.6. The normalized spacial score (nSPS) is 19.8. The van der Waals surface area contributed by atoms with Gasteiger partial charge >= 0.3 is 6.09 Å². The lowest BCUT2D eigenvalue weighted by Crippen LogP contribution is -2.51. The number of nitrogens with zero attached hydrogens (tertiary/aromatic N) is 3. The molecule has 0 bridgehead atoms. The number of methoxy groups -OCH3 is 1. The molecule has 11 heteroatoms. The summed E-state index contributed by atoms with van der Waals surface area (Å²) >= 11 is 0. The molecule has 1 saturated heterocycles. The summed E-state index contributed by atoms with van der Waals surface area (Å²) in [5.41, 5.74) is 2.80. The predicted molar refractivity (Wildman–Crippen MR) is 143 cm³/mol. The third-order valence-electron chi connectivity index (χ3n) is 7.54. The first-order valence-electron chi connectivity index (χ1n) is 12.8. The fourth-order valence-corrected chi connectivity index (χ4v) is 5.47. The summed E-state index contributed by atoms with van der Waals surface area (Å²) < 4.78 is 35.5. The second-order valence-electron chi connectivity index (χ2n) is 10.5. The van der Waals surface area contributed by atoms with Crippen LogP contribution in [0.1, 0.15) is 43.3 Å². The van der Waals surface area contributed by atoms with Crippen LogP contribution in [-0.4, -0.2) is 54.4 Å². The van der Waals surface area contributed by atoms with Crippen molar-refractivity contribution in [3.8, 4) is 28.5 Å². The van der Waals surface area contributed by atoms with Crippen LogP contribution in [0.2, 0.25) is 0 Å². The average molecular weight is 531 g/mol. The number of carbonyl (C=O) groups excluding carboxylic acids is 2. The second kappa shape index (κ2) is 9.84. The number of H-pyrrole nitrogens is 1. The van der Waals surface area contributed by atoms with Crippen molar-refractivity contribution in [2.75, 3.05) is 13.7 Å². The quantitative estimate of drug-likeness (QED) is 0.492. The highest BCUT2D eigenvalue weighted by Gasteiger charge is 2.45. The molecule has 2 heterocycles. The number of aromatic nitrogens is 2. The number of alkyl carbamates (subject to hydrolysis) is 1. The number of hydrogen-bond acceptors (Lipinski definition) is 5. The van der Waals surface area contributed by atoms with Gasteiger partial charge in [-0.1, -0.05) is 49.6 Å². The summed E-state index contributed by atoms with van der Waals surface area (Å²) in [6.07, 6.45) is 1.19. The topological polar surface area (TPSA) is 111 Å². The van der Waals surface area contributed by atoms with Crippen LogP contribution in [0.5, 0.6) is 0 Å². The average Bonchev–Trinajstić information content (AvgIpc) is 3.62. The van der Waals surface area contributed by atoms with Crippen molar-refractivity contribution in [3.63, 3.8) is 0 Å². The molecule has 3 aromatic rings. The molecule has 2 N–H and O–H groups in total. The van der Waals surface area contributed by atoms with Gasteiger partial charge in [-0.3, -0.25) is 4.79 Å². The van der Waals surface area contributed by atoms with Gasteiger partial charge in [-0.15, -0.1) is 0 Å². The molecule has 0 saturated carbocycles. The maximum Gasteiger partial charge on any atom is 0.407 e. The zero-order valence-electron chi connectivity index (χ0n) is 22.1. The van der Waals surface area contributed by atoms with Gasteiger partial charge in [0.25, 0.3) is 5.92 Å². The minimum atomic E-state index is -3.12. The minimum absolute atomic E-state index is 0.00266. The highest BCUT2D eigenvalue weighted by atomic mass is 19.3. The standard InChI is InChI=1S/C28H28BF2N5O3/c1-14(2)24(35-27(38)39-3)26(37)36-13-15(11-32)8-23(36)25-33-12-22(34-25)16-4-6-18-19-7-5-17(29)10-21(19)28(30,31)20(18)9-16/h4-7,9-10,12,14-15,23-24H,8,13,29H2,1-3H3,(H,33,34)(H,35,38)/t15-,23+,24+/m1/s1. The first-order chi connectivity index (χ1) is 18.5. The number of rotatable bonds is 5. The second-order valence-corrected chi connectivity index (χ2v) is 10.5. The lowest BCUT2D eigenvalue weighted by atomic mass is 9.91. The molecule has 0 radical (unpaired) electrons. The molecule has 0 unspecified atom stereocenters. The first-order valence-corrected chi connectivity index (χ1v) is 12.8. The van der Waals surface area contributed by atoms with Gasteiger partial charge in [0.2, 0.25) is 5.91 Å². The number of nitriles is 1. The van der Waals surface area contributed by atoms with Crippen LogP contribution in [0, 0.1) is 23.2 Å². The molecular weight excluding hydrogens is 503 g/mol. The van der Waals surface area contributed by atoms with Crippen LogP contribution in [0.3, 0.4) is 0 Å². The number of benzene rings is 2. The van der Waals surface area contributed by atoms with E-state index in [0.717, 1.165) is 5.46 Å². The molecule has 0 spiro atoms. The van der Waals surface area contributed by atoms with Crippen molar-refractivity contribution in [1.29, 1.82) is 5.26 Å². The maximum absolute atomic E-state index is 15.4. The smallest absolute Gasteiger partial charge is 0.407 e. The molecule has 1 aromatic heterocycles. The Balaban J connectivity index is 1.45. The van der Waals surface area contributed by atoms with E-state index in [9.17, 15) is 14.9 Å². The Labute approximate surface area is 225 Å². The van der Waals surface area contributed by atoms with Crippen LogP contribution in [0.4, 0.5) is 13.6 Å². The number of fused-ring (bicyclic) bond motifs is 3. The van der Waals surface area contributed by atoms with Gasteiger partial charge < -0.3 is 19.9 Å². The Morgan fingerprint density at radius 2 is 1.92 bits per heavy atom. The number of imidazole rings is 1. The fourth-order valence-electron chi connectivity index (χ4n) is 5.47. The van der Waals surface area contributed by atoms with Crippen LogP contribution in [-0.2, 0) is 15.5 Å². The summed E-state index contributed by atoms with van der Waals surface area (Å²) in [6, 6.07) is 10.9. The van der Waals surface area contributed by atoms with Gasteiger partial charge in [-0.25, -0.2) is 9.78 Å². The number of halogens is 2. The molecular formula is C28H28BF2N5O3. The van der Waals surface area contributed by atoms with Crippen molar-refractivity contribution in [2.45, 2.75) is 38.3 Å². The van der Waals surface area contributed by atoms with E-state index in [2.05, 4.69) is 26.1 Å². The Kier molecular flexibility index (Phi) is 6.66. The van der Waals surface area contributed by atoms with Crippen LogP contribution < -0.4 is 10.8 Å². The molecule has 1 fully saturated rings. The van der Waals surface area contributed by atoms with E-state index in [1.807, 2.05) is 6.07 Å². The molecule has 2 aromatic carbocycles. The number of likely N-dealkylation sites (tertiary alicyclic amines) is 1. The van der Waals surface area contributed by atoms with E-state index in [4.69, 9.17) is 0 Å². The highest BCUT2D eigenvalue weighted by molar-refractivity contribution is 6.32. The first kappa shape index (κ1) is 26.4. The van der Waals surface area contributed by atoms with Crippen molar-refractivity contribution >= 4 is 25.3 Å². The molecule has 200 valence electrons. The summed E-state index contributed by atoms with van der Waals surface area (Å²) in [6.45, 7) is 3.80. The molecule has 3 atom stereocenters. The van der Waals surface area contributed by atoms with Crippen LogP contribution in [0.15, 0.2) is 42.6 Å². The monoisotopic (exact) mass is 531 g/mol. The van der Waals surface area contributed by atoms with Gasteiger partial charge in [0.1, 0.15) is 19.7 Å². The lowest BCUT2D eigenvalue weighted by molar-refractivity contribution is -0.135. The van der Waals surface area contributed by atoms with E-state index in [0.29, 0.717) is 34.6 Å². The van der Waals surface area contributed by atoms with E-state index in [1.54, 1.807) is 51.0 Å². The summed E-state index contributed by atoms with van der Waals surface area (Å²) in [7, 11) is 3.01. The minimum Gasteiger partial charge on any atom is -0.453 e. The third kappa shape index (κ3) is 4.54. The SMILES string of the molecule is Bc1ccc2c(c1)C(F)(F)c1cc(-c3cnc([C@@H]4C[C@H](C#N)CN4C(=O)[C@@H](NC(=O)OC)C(C)C)[nH]3)ccc1-2. The Hall–Kier alpha value is -4.20. The van der Waals surface area contributed by atoms with Gasteiger partial charge in [0, 0.05) is 23.2 Å². The molecule has 1 aliphatic heterocycles. The molecule has 8 nitrogen and oxygen atoms in total. The summed E-state index contributed by atoms with van der Waals surface area (Å²) in [5, 5.41) is 12.2. The van der Waals surface area contributed by atoms with Gasteiger partial charge in [-0.2, -0.15) is 14.0 Å². The van der Waals surface area contributed by atoms with E-state index >= 15 is 8.78 Å². The number of hydrogen-bond donors (Lipinski definition) is 2. The number of nitrogens with one attached hydrogen (secondary N) is 2. The molecule has 5 rings (SSSR count). The Morgan fingerprint density at radius 3 is 2.59 bits per heavy atom. The number of carbonyl (C=O) groups is 2. The number of aromatic amines is 1. The van der Waals surface area contributed by atoms with E-state index in [-0.39, 0.29) is 29.5 Å². The van der Waals surface area contributed by atoms with Gasteiger partial charge in [-0.05, 0) is 29.5 Å². The largest absolute Gasteiger partial charge is 0.453 e. The number of alkyl halides is 2. The summed E-state index contributed by atoms with van der Waals surface area (Å²) in [5.74, 6) is -3.67. The number of amides is 2. The predicted octanol–water partition coefficient (Wildman–Crippen LogP) is 3.25. The number of ether oxygens (including phenoxy) is 1. The zero-order chi connectivity index (χ0) is 28.1. The molecule has 1 aliphatic carbocycles. The maximum atomic E-state index is 15.4. The van der Waals surface area contributed by atoms with Gasteiger partial charge in [0.15, 0.2) is 0 Å².